The van der Waals surface area contributed by atoms with E-state index in [4.69, 9.17) is 5.73 Å². The highest BCUT2D eigenvalue weighted by atomic mass is 19.1. The van der Waals surface area contributed by atoms with E-state index in [9.17, 15) is 8.78 Å². The molecule has 0 bridgehead atoms. The maximum absolute atomic E-state index is 13.6. The lowest BCUT2D eigenvalue weighted by atomic mass is 9.85. The van der Waals surface area contributed by atoms with Gasteiger partial charge in [0.15, 0.2) is 0 Å². The molecule has 0 radical (unpaired) electrons. The zero-order valence-corrected chi connectivity index (χ0v) is 10.3. The highest BCUT2D eigenvalue weighted by Crippen LogP contribution is 2.29. The van der Waals surface area contributed by atoms with Crippen LogP contribution in [0.2, 0.25) is 0 Å². The van der Waals surface area contributed by atoms with Crippen molar-refractivity contribution in [2.45, 2.75) is 40.2 Å². The van der Waals surface area contributed by atoms with Gasteiger partial charge in [-0.15, -0.1) is 0 Å². The van der Waals surface area contributed by atoms with Gasteiger partial charge >= 0.3 is 0 Å². The van der Waals surface area contributed by atoms with Crippen molar-refractivity contribution < 1.29 is 8.78 Å². The smallest absolute Gasteiger partial charge is 0.128 e. The van der Waals surface area contributed by atoms with E-state index < -0.39 is 17.7 Å². The van der Waals surface area contributed by atoms with E-state index in [1.54, 1.807) is 0 Å². The van der Waals surface area contributed by atoms with Crippen molar-refractivity contribution in [3.8, 4) is 0 Å². The van der Waals surface area contributed by atoms with Crippen molar-refractivity contribution in [2.75, 3.05) is 0 Å². The van der Waals surface area contributed by atoms with Crippen LogP contribution in [0.1, 0.15) is 44.4 Å². The molecule has 16 heavy (non-hydrogen) atoms. The van der Waals surface area contributed by atoms with E-state index in [0.29, 0.717) is 12.0 Å². The summed E-state index contributed by atoms with van der Waals surface area (Å²) in [6.45, 7) is 7.61. The van der Waals surface area contributed by atoms with Crippen LogP contribution in [0, 0.1) is 24.0 Å². The molecule has 90 valence electrons. The fourth-order valence-corrected chi connectivity index (χ4v) is 1.72. The van der Waals surface area contributed by atoms with Crippen molar-refractivity contribution in [1.82, 2.24) is 0 Å². The normalized spacial score (nSPS) is 13.9. The summed E-state index contributed by atoms with van der Waals surface area (Å²) in [6.07, 6.45) is 0.617. The molecule has 0 spiro atoms. The molecule has 2 N–H and O–H groups in total. The fourth-order valence-electron chi connectivity index (χ4n) is 1.72. The Hall–Kier alpha value is -0.960. The molecule has 1 aromatic rings. The molecule has 1 unspecified atom stereocenters. The number of nitrogens with two attached hydrogens (primary N) is 1. The van der Waals surface area contributed by atoms with Gasteiger partial charge < -0.3 is 5.73 Å². The van der Waals surface area contributed by atoms with Gasteiger partial charge in [-0.1, -0.05) is 20.8 Å². The summed E-state index contributed by atoms with van der Waals surface area (Å²) in [5.74, 6) is -0.823. The minimum Gasteiger partial charge on any atom is -0.324 e. The van der Waals surface area contributed by atoms with Gasteiger partial charge in [0.1, 0.15) is 11.6 Å². The van der Waals surface area contributed by atoms with Crippen molar-refractivity contribution in [3.63, 3.8) is 0 Å². The van der Waals surface area contributed by atoms with Crippen LogP contribution in [-0.4, -0.2) is 0 Å². The second-order valence-electron chi connectivity index (χ2n) is 5.49. The molecule has 0 aliphatic rings. The maximum atomic E-state index is 13.6. The molecule has 0 aliphatic carbocycles. The topological polar surface area (TPSA) is 26.0 Å². The third-order valence-electron chi connectivity index (χ3n) is 2.51. The summed E-state index contributed by atoms with van der Waals surface area (Å²) < 4.78 is 26.9. The predicted molar refractivity (Wildman–Crippen MR) is 62.1 cm³/mol. The van der Waals surface area contributed by atoms with Gasteiger partial charge in [-0.2, -0.15) is 0 Å². The lowest BCUT2D eigenvalue weighted by Gasteiger charge is -2.23. The first kappa shape index (κ1) is 13.1. The molecule has 1 nitrogen and oxygen atoms in total. The Bertz CT molecular complexity index is 380. The SMILES string of the molecule is Cc1cc(F)c(C(N)CC(C)(C)C)cc1F. The quantitative estimate of drug-likeness (QED) is 0.819. The molecule has 0 heterocycles. The van der Waals surface area contributed by atoms with Gasteiger partial charge in [-0.05, 0) is 36.5 Å². The van der Waals surface area contributed by atoms with E-state index in [1.807, 2.05) is 20.8 Å². The summed E-state index contributed by atoms with van der Waals surface area (Å²) in [5.41, 5.74) is 6.46. The molecule has 1 aromatic carbocycles. The Morgan fingerprint density at radius 2 is 1.75 bits per heavy atom. The molecule has 0 amide bonds. The first-order chi connectivity index (χ1) is 7.20. The van der Waals surface area contributed by atoms with Gasteiger partial charge in [0.25, 0.3) is 0 Å². The number of hydrogen-bond donors (Lipinski definition) is 1. The maximum Gasteiger partial charge on any atom is 0.128 e. The van der Waals surface area contributed by atoms with Crippen LogP contribution >= 0.6 is 0 Å². The summed E-state index contributed by atoms with van der Waals surface area (Å²) in [6, 6.07) is 1.95. The summed E-state index contributed by atoms with van der Waals surface area (Å²) in [4.78, 5) is 0. The lowest BCUT2D eigenvalue weighted by molar-refractivity contribution is 0.338. The average Bonchev–Trinajstić information content (AvgIpc) is 2.08. The van der Waals surface area contributed by atoms with Crippen LogP contribution in [-0.2, 0) is 0 Å². The molecular weight excluding hydrogens is 208 g/mol. The fraction of sp³-hybridized carbons (Fsp3) is 0.538. The van der Waals surface area contributed by atoms with Gasteiger partial charge in [0.05, 0.1) is 0 Å². The molecule has 1 atom stereocenters. The van der Waals surface area contributed by atoms with Crippen LogP contribution < -0.4 is 5.73 Å². The molecule has 0 aromatic heterocycles. The Balaban J connectivity index is 3.00. The van der Waals surface area contributed by atoms with Crippen molar-refractivity contribution >= 4 is 0 Å². The van der Waals surface area contributed by atoms with Gasteiger partial charge in [-0.3, -0.25) is 0 Å². The largest absolute Gasteiger partial charge is 0.324 e. The number of rotatable bonds is 2. The van der Waals surface area contributed by atoms with E-state index in [1.165, 1.54) is 19.1 Å². The van der Waals surface area contributed by atoms with Crippen molar-refractivity contribution in [1.29, 1.82) is 0 Å². The van der Waals surface area contributed by atoms with Crippen molar-refractivity contribution in [3.05, 3.63) is 34.9 Å². The van der Waals surface area contributed by atoms with Gasteiger partial charge in [-0.25, -0.2) is 8.78 Å². The van der Waals surface area contributed by atoms with Crippen LogP contribution in [0.4, 0.5) is 8.78 Å². The monoisotopic (exact) mass is 227 g/mol. The summed E-state index contributed by atoms with van der Waals surface area (Å²) >= 11 is 0. The third-order valence-corrected chi connectivity index (χ3v) is 2.51. The zero-order valence-electron chi connectivity index (χ0n) is 10.3. The Morgan fingerprint density at radius 1 is 1.19 bits per heavy atom. The zero-order chi connectivity index (χ0) is 12.5. The second-order valence-corrected chi connectivity index (χ2v) is 5.49. The van der Waals surface area contributed by atoms with Crippen LogP contribution in [0.3, 0.4) is 0 Å². The highest BCUT2D eigenvalue weighted by Gasteiger charge is 2.20. The molecule has 0 fully saturated rings. The molecule has 0 saturated carbocycles. The standard InChI is InChI=1S/C13H19F2N/c1-8-5-11(15)9(6-10(8)14)12(16)7-13(2,3)4/h5-6,12H,7,16H2,1-4H3. The van der Waals surface area contributed by atoms with Gasteiger partial charge in [0, 0.05) is 11.6 Å². The van der Waals surface area contributed by atoms with Crippen LogP contribution in [0.15, 0.2) is 12.1 Å². The molecule has 1 rings (SSSR count). The van der Waals surface area contributed by atoms with Crippen LogP contribution in [0.25, 0.3) is 0 Å². The van der Waals surface area contributed by atoms with Crippen LogP contribution in [0.5, 0.6) is 0 Å². The lowest BCUT2D eigenvalue weighted by Crippen LogP contribution is -2.20. The Morgan fingerprint density at radius 3 is 2.25 bits per heavy atom. The first-order valence-electron chi connectivity index (χ1n) is 5.42. The minimum atomic E-state index is -0.463. The van der Waals surface area contributed by atoms with E-state index in [0.717, 1.165) is 0 Å². The highest BCUT2D eigenvalue weighted by molar-refractivity contribution is 5.27. The summed E-state index contributed by atoms with van der Waals surface area (Å²) in [7, 11) is 0. The molecule has 3 heteroatoms. The van der Waals surface area contributed by atoms with E-state index >= 15 is 0 Å². The van der Waals surface area contributed by atoms with Crippen molar-refractivity contribution in [2.24, 2.45) is 11.1 Å². The van der Waals surface area contributed by atoms with E-state index in [2.05, 4.69) is 0 Å². The Kier molecular flexibility index (Phi) is 3.68. The molecular formula is C13H19F2N. The summed E-state index contributed by atoms with van der Waals surface area (Å²) in [5, 5.41) is 0. The predicted octanol–water partition coefficient (Wildman–Crippen LogP) is 3.71. The van der Waals surface area contributed by atoms with E-state index in [-0.39, 0.29) is 11.0 Å². The second kappa shape index (κ2) is 4.50. The number of aryl methyl sites for hydroxylation is 1. The average molecular weight is 227 g/mol. The Labute approximate surface area is 95.7 Å². The van der Waals surface area contributed by atoms with Gasteiger partial charge in [0.2, 0.25) is 0 Å². The number of hydrogen-bond acceptors (Lipinski definition) is 1. The first-order valence-corrected chi connectivity index (χ1v) is 5.42. The molecule has 0 saturated heterocycles. The molecule has 0 aliphatic heterocycles. The third kappa shape index (κ3) is 3.27. The number of halogens is 2. The minimum absolute atomic E-state index is 0.00673. The number of benzene rings is 1.